The second-order valence-electron chi connectivity index (χ2n) is 6.91. The van der Waals surface area contributed by atoms with E-state index in [9.17, 15) is 9.59 Å². The number of carbonyl (C=O) groups is 1. The van der Waals surface area contributed by atoms with Crippen LogP contribution in [0.5, 0.6) is 5.75 Å². The average molecular weight is 495 g/mol. The van der Waals surface area contributed by atoms with Crippen LogP contribution < -0.4 is 15.6 Å². The van der Waals surface area contributed by atoms with Crippen LogP contribution in [0.3, 0.4) is 0 Å². The third-order valence-corrected chi connectivity index (χ3v) is 5.25. The molecule has 0 aliphatic rings. The molecule has 0 fully saturated rings. The predicted octanol–water partition coefficient (Wildman–Crippen LogP) is 3.65. The Hall–Kier alpha value is -3.72. The number of carbonyl (C=O) groups excluding carboxylic acids is 1. The molecule has 8 nitrogen and oxygen atoms in total. The van der Waals surface area contributed by atoms with Gasteiger partial charge in [-0.3, -0.25) is 9.59 Å². The summed E-state index contributed by atoms with van der Waals surface area (Å²) in [5.74, 6) is 0.883. The van der Waals surface area contributed by atoms with E-state index in [2.05, 4.69) is 31.4 Å². The highest BCUT2D eigenvalue weighted by molar-refractivity contribution is 9.10. The lowest BCUT2D eigenvalue weighted by atomic mass is 10.2. The lowest BCUT2D eigenvalue weighted by Gasteiger charge is -2.09. The molecule has 4 rings (SSSR count). The van der Waals surface area contributed by atoms with Gasteiger partial charge in [-0.05, 0) is 54.1 Å². The molecule has 162 valence electrons. The summed E-state index contributed by atoms with van der Waals surface area (Å²) in [5, 5.41) is 6.77. The van der Waals surface area contributed by atoms with Crippen molar-refractivity contribution in [2.45, 2.75) is 13.1 Å². The quantitative estimate of drug-likeness (QED) is 0.420. The first-order valence-electron chi connectivity index (χ1n) is 9.72. The Labute approximate surface area is 192 Å². The second kappa shape index (κ2) is 9.61. The molecule has 9 heteroatoms. The van der Waals surface area contributed by atoms with Crippen molar-refractivity contribution >= 4 is 21.8 Å². The summed E-state index contributed by atoms with van der Waals surface area (Å²) >= 11 is 3.38. The molecular formula is C23H19BrN4O4. The Morgan fingerprint density at radius 1 is 1.16 bits per heavy atom. The van der Waals surface area contributed by atoms with E-state index in [1.165, 1.54) is 4.57 Å². The minimum atomic E-state index is -0.393. The van der Waals surface area contributed by atoms with Gasteiger partial charge in [0, 0.05) is 22.8 Å². The monoisotopic (exact) mass is 494 g/mol. The zero-order chi connectivity index (χ0) is 22.5. The zero-order valence-corrected chi connectivity index (χ0v) is 18.7. The van der Waals surface area contributed by atoms with E-state index in [0.29, 0.717) is 18.1 Å². The molecule has 0 aliphatic heterocycles. The smallest absolute Gasteiger partial charge is 0.263 e. The van der Waals surface area contributed by atoms with Crippen LogP contribution in [0, 0.1) is 0 Å². The van der Waals surface area contributed by atoms with Crippen molar-refractivity contribution < 1.29 is 14.1 Å². The SMILES string of the molecule is COc1cccc(CNC(=O)Cn2cccc(-c3nc(-c4ccc(Br)cc4)no3)c2=O)c1. The maximum Gasteiger partial charge on any atom is 0.263 e. The van der Waals surface area contributed by atoms with Crippen LogP contribution in [0.2, 0.25) is 0 Å². The molecule has 4 aromatic rings. The Kier molecular flexibility index (Phi) is 6.46. The summed E-state index contributed by atoms with van der Waals surface area (Å²) in [6, 6.07) is 18.1. The summed E-state index contributed by atoms with van der Waals surface area (Å²) in [6.07, 6.45) is 1.54. The minimum absolute atomic E-state index is 0.0963. The molecule has 2 aromatic carbocycles. The van der Waals surface area contributed by atoms with Crippen LogP contribution in [0.4, 0.5) is 0 Å². The van der Waals surface area contributed by atoms with Crippen LogP contribution in [0.25, 0.3) is 22.8 Å². The van der Waals surface area contributed by atoms with Gasteiger partial charge in [-0.25, -0.2) is 0 Å². The van der Waals surface area contributed by atoms with Crippen molar-refractivity contribution in [2.24, 2.45) is 0 Å². The molecule has 0 unspecified atom stereocenters. The van der Waals surface area contributed by atoms with Gasteiger partial charge in [0.05, 0.1) is 7.11 Å². The molecular weight excluding hydrogens is 476 g/mol. The van der Waals surface area contributed by atoms with E-state index in [-0.39, 0.29) is 23.9 Å². The Bertz CT molecular complexity index is 1300. The predicted molar refractivity (Wildman–Crippen MR) is 122 cm³/mol. The van der Waals surface area contributed by atoms with Gasteiger partial charge in [-0.15, -0.1) is 0 Å². The lowest BCUT2D eigenvalue weighted by Crippen LogP contribution is -2.32. The van der Waals surface area contributed by atoms with E-state index in [1.54, 1.807) is 25.4 Å². The normalized spacial score (nSPS) is 10.7. The molecule has 1 N–H and O–H groups in total. The number of amides is 1. The van der Waals surface area contributed by atoms with Crippen LogP contribution in [0.15, 0.2) is 80.7 Å². The third kappa shape index (κ3) is 4.94. The standard InChI is InChI=1S/C23H19BrN4O4/c1-31-18-5-2-4-15(12-18)13-25-20(29)14-28-11-3-6-19(23(28)30)22-26-21(27-32-22)16-7-9-17(24)10-8-16/h2-12H,13-14H2,1H3,(H,25,29). The van der Waals surface area contributed by atoms with Crippen molar-refractivity contribution in [2.75, 3.05) is 7.11 Å². The van der Waals surface area contributed by atoms with E-state index < -0.39 is 5.56 Å². The van der Waals surface area contributed by atoms with Gasteiger partial charge in [0.25, 0.3) is 11.4 Å². The number of pyridine rings is 1. The van der Waals surface area contributed by atoms with E-state index in [1.807, 2.05) is 48.5 Å². The number of nitrogens with zero attached hydrogens (tertiary/aromatic N) is 3. The van der Waals surface area contributed by atoms with Crippen LogP contribution in [-0.2, 0) is 17.9 Å². The van der Waals surface area contributed by atoms with Crippen molar-refractivity contribution in [1.82, 2.24) is 20.0 Å². The molecule has 32 heavy (non-hydrogen) atoms. The third-order valence-electron chi connectivity index (χ3n) is 4.72. The number of ether oxygens (including phenoxy) is 1. The average Bonchev–Trinajstić information content (AvgIpc) is 3.30. The molecule has 0 atom stereocenters. The number of benzene rings is 2. The topological polar surface area (TPSA) is 99.2 Å². The van der Waals surface area contributed by atoms with E-state index in [0.717, 1.165) is 15.6 Å². The summed E-state index contributed by atoms with van der Waals surface area (Å²) < 4.78 is 12.7. The molecule has 0 bridgehead atoms. The highest BCUT2D eigenvalue weighted by Gasteiger charge is 2.16. The fourth-order valence-corrected chi connectivity index (χ4v) is 3.33. The largest absolute Gasteiger partial charge is 0.497 e. The molecule has 2 heterocycles. The summed E-state index contributed by atoms with van der Waals surface area (Å²) in [7, 11) is 1.59. The van der Waals surface area contributed by atoms with Crippen LogP contribution in [0.1, 0.15) is 5.56 Å². The number of nitrogens with one attached hydrogen (secondary N) is 1. The Morgan fingerprint density at radius 2 is 1.97 bits per heavy atom. The summed E-state index contributed by atoms with van der Waals surface area (Å²) in [5.41, 5.74) is 1.49. The minimum Gasteiger partial charge on any atom is -0.497 e. The molecule has 2 aromatic heterocycles. The van der Waals surface area contributed by atoms with Gasteiger partial charge in [0.2, 0.25) is 11.7 Å². The van der Waals surface area contributed by atoms with Crippen LogP contribution >= 0.6 is 15.9 Å². The number of hydrogen-bond acceptors (Lipinski definition) is 6. The van der Waals surface area contributed by atoms with Gasteiger partial charge < -0.3 is 19.1 Å². The summed E-state index contributed by atoms with van der Waals surface area (Å²) in [4.78, 5) is 29.6. The van der Waals surface area contributed by atoms with Crippen molar-refractivity contribution in [3.05, 3.63) is 87.3 Å². The highest BCUT2D eigenvalue weighted by atomic mass is 79.9. The van der Waals surface area contributed by atoms with Gasteiger partial charge in [-0.2, -0.15) is 4.98 Å². The van der Waals surface area contributed by atoms with E-state index in [4.69, 9.17) is 9.26 Å². The van der Waals surface area contributed by atoms with Crippen LogP contribution in [-0.4, -0.2) is 27.7 Å². The highest BCUT2D eigenvalue weighted by Crippen LogP contribution is 2.22. The molecule has 0 aliphatic carbocycles. The lowest BCUT2D eigenvalue weighted by molar-refractivity contribution is -0.121. The number of rotatable bonds is 7. The number of methoxy groups -OCH3 is 1. The number of hydrogen-bond donors (Lipinski definition) is 1. The van der Waals surface area contributed by atoms with E-state index >= 15 is 0 Å². The van der Waals surface area contributed by atoms with Gasteiger partial charge >= 0.3 is 0 Å². The maximum atomic E-state index is 12.9. The Morgan fingerprint density at radius 3 is 2.75 bits per heavy atom. The first kappa shape index (κ1) is 21.5. The first-order valence-corrected chi connectivity index (χ1v) is 10.5. The zero-order valence-electron chi connectivity index (χ0n) is 17.1. The summed E-state index contributed by atoms with van der Waals surface area (Å²) in [6.45, 7) is 0.190. The number of aromatic nitrogens is 3. The van der Waals surface area contributed by atoms with Gasteiger partial charge in [0.15, 0.2) is 0 Å². The molecule has 0 spiro atoms. The van der Waals surface area contributed by atoms with Crippen molar-refractivity contribution in [3.8, 4) is 28.6 Å². The molecule has 0 saturated heterocycles. The van der Waals surface area contributed by atoms with Gasteiger partial charge in [0.1, 0.15) is 17.9 Å². The first-order chi connectivity index (χ1) is 15.5. The second-order valence-corrected chi connectivity index (χ2v) is 7.83. The molecule has 0 radical (unpaired) electrons. The molecule has 1 amide bonds. The van der Waals surface area contributed by atoms with Crippen molar-refractivity contribution in [1.29, 1.82) is 0 Å². The van der Waals surface area contributed by atoms with Gasteiger partial charge in [-0.1, -0.05) is 33.2 Å². The fourth-order valence-electron chi connectivity index (χ4n) is 3.07. The molecule has 0 saturated carbocycles. The fraction of sp³-hybridized carbons (Fsp3) is 0.130. The Balaban J connectivity index is 1.47. The van der Waals surface area contributed by atoms with Crippen molar-refractivity contribution in [3.63, 3.8) is 0 Å². The number of halogens is 1. The maximum absolute atomic E-state index is 12.9.